The summed E-state index contributed by atoms with van der Waals surface area (Å²) < 4.78 is 28.6. The van der Waals surface area contributed by atoms with Crippen LogP contribution < -0.4 is 10.0 Å². The number of hydrogen-bond acceptors (Lipinski definition) is 5. The molecule has 0 aliphatic carbocycles. The number of rotatable bonds is 11. The van der Waals surface area contributed by atoms with E-state index in [1.165, 1.54) is 6.20 Å². The quantitative estimate of drug-likeness (QED) is 0.594. The molecule has 2 N–H and O–H groups in total. The minimum Gasteiger partial charge on any atom is -0.315 e. The topological polar surface area (TPSA) is 76.0 Å². The van der Waals surface area contributed by atoms with Gasteiger partial charge in [-0.25, -0.2) is 13.1 Å². The Morgan fingerprint density at radius 2 is 2.19 bits per heavy atom. The van der Waals surface area contributed by atoms with Gasteiger partial charge in [0, 0.05) is 19.3 Å². The van der Waals surface area contributed by atoms with Crippen LogP contribution in [0.25, 0.3) is 0 Å². The lowest BCUT2D eigenvalue weighted by atomic mass is 10.2. The number of thioether (sulfide) groups is 1. The number of aromatic nitrogens is 2. The summed E-state index contributed by atoms with van der Waals surface area (Å²) in [6.45, 7) is 7.00. The maximum atomic E-state index is 12.1. The Morgan fingerprint density at radius 3 is 2.86 bits per heavy atom. The van der Waals surface area contributed by atoms with E-state index in [1.807, 2.05) is 13.2 Å². The third kappa shape index (κ3) is 6.82. The fraction of sp³-hybridized carbons (Fsp3) is 0.769. The van der Waals surface area contributed by atoms with E-state index < -0.39 is 10.0 Å². The molecule has 0 amide bonds. The molecule has 1 rings (SSSR count). The molecular formula is C13H26N4O2S2. The van der Waals surface area contributed by atoms with E-state index in [0.717, 1.165) is 25.3 Å². The van der Waals surface area contributed by atoms with E-state index in [4.69, 9.17) is 0 Å². The van der Waals surface area contributed by atoms with Gasteiger partial charge in [0.25, 0.3) is 0 Å². The predicted molar refractivity (Wildman–Crippen MR) is 88.1 cm³/mol. The first-order chi connectivity index (χ1) is 9.99. The largest absolute Gasteiger partial charge is 0.315 e. The molecule has 0 fully saturated rings. The van der Waals surface area contributed by atoms with Gasteiger partial charge < -0.3 is 5.32 Å². The average molecular weight is 335 g/mol. The van der Waals surface area contributed by atoms with Crippen LogP contribution in [0.5, 0.6) is 0 Å². The molecule has 0 aliphatic rings. The van der Waals surface area contributed by atoms with Crippen molar-refractivity contribution in [2.45, 2.75) is 31.7 Å². The minimum absolute atomic E-state index is 0.231. The zero-order valence-electron chi connectivity index (χ0n) is 13.0. The summed E-state index contributed by atoms with van der Waals surface area (Å²) in [5, 5.41) is 7.35. The summed E-state index contributed by atoms with van der Waals surface area (Å²) in [7, 11) is -3.45. The molecule has 6 nitrogen and oxygen atoms in total. The molecule has 1 unspecified atom stereocenters. The Balaban J connectivity index is 2.49. The van der Waals surface area contributed by atoms with Gasteiger partial charge in [0.15, 0.2) is 0 Å². The Bertz CT molecular complexity index is 502. The summed E-state index contributed by atoms with van der Waals surface area (Å²) in [5.41, 5.74) is 0. The molecule has 21 heavy (non-hydrogen) atoms. The van der Waals surface area contributed by atoms with Crippen LogP contribution in [-0.4, -0.2) is 49.8 Å². The van der Waals surface area contributed by atoms with Crippen LogP contribution in [0.3, 0.4) is 0 Å². The van der Waals surface area contributed by atoms with Crippen LogP contribution in [0, 0.1) is 5.92 Å². The second-order valence-corrected chi connectivity index (χ2v) is 7.78. The molecule has 1 aromatic rings. The van der Waals surface area contributed by atoms with Crippen LogP contribution in [0.15, 0.2) is 17.3 Å². The smallest absolute Gasteiger partial charge is 0.243 e. The van der Waals surface area contributed by atoms with Gasteiger partial charge in [0.05, 0.1) is 12.7 Å². The third-order valence-electron chi connectivity index (χ3n) is 2.94. The fourth-order valence-corrected chi connectivity index (χ4v) is 3.58. The van der Waals surface area contributed by atoms with Crippen LogP contribution >= 0.6 is 11.8 Å². The van der Waals surface area contributed by atoms with Gasteiger partial charge in [-0.15, -0.1) is 0 Å². The SMILES string of the molecule is CCCNCCn1cc(S(=O)(=O)NCC(C)CSC)cn1. The molecule has 8 heteroatoms. The van der Waals surface area contributed by atoms with Gasteiger partial charge in [-0.1, -0.05) is 13.8 Å². The zero-order valence-corrected chi connectivity index (χ0v) is 14.6. The van der Waals surface area contributed by atoms with Gasteiger partial charge in [-0.2, -0.15) is 16.9 Å². The molecule has 1 atom stereocenters. The van der Waals surface area contributed by atoms with E-state index in [2.05, 4.69) is 22.1 Å². The maximum Gasteiger partial charge on any atom is 0.243 e. The molecule has 1 aromatic heterocycles. The molecule has 0 saturated heterocycles. The highest BCUT2D eigenvalue weighted by Crippen LogP contribution is 2.09. The number of sulfonamides is 1. The van der Waals surface area contributed by atoms with E-state index in [9.17, 15) is 8.42 Å². The zero-order chi connectivity index (χ0) is 15.7. The van der Waals surface area contributed by atoms with Crippen molar-refractivity contribution >= 4 is 21.8 Å². The molecule has 0 saturated carbocycles. The van der Waals surface area contributed by atoms with Gasteiger partial charge in [-0.3, -0.25) is 4.68 Å². The van der Waals surface area contributed by atoms with Crippen molar-refractivity contribution in [2.24, 2.45) is 5.92 Å². The Morgan fingerprint density at radius 1 is 1.43 bits per heavy atom. The maximum absolute atomic E-state index is 12.1. The highest BCUT2D eigenvalue weighted by molar-refractivity contribution is 7.98. The molecule has 0 aliphatic heterocycles. The normalized spacial score (nSPS) is 13.5. The number of hydrogen-bond donors (Lipinski definition) is 2. The van der Waals surface area contributed by atoms with E-state index in [1.54, 1.807) is 22.6 Å². The third-order valence-corrected chi connectivity index (χ3v) is 5.22. The first-order valence-electron chi connectivity index (χ1n) is 7.21. The second-order valence-electron chi connectivity index (χ2n) is 5.10. The molecule has 0 bridgehead atoms. The summed E-state index contributed by atoms with van der Waals surface area (Å²) in [6.07, 6.45) is 6.08. The number of nitrogens with zero attached hydrogens (tertiary/aromatic N) is 2. The van der Waals surface area contributed by atoms with Gasteiger partial charge >= 0.3 is 0 Å². The van der Waals surface area contributed by atoms with Gasteiger partial charge in [0.1, 0.15) is 4.90 Å². The van der Waals surface area contributed by atoms with E-state index >= 15 is 0 Å². The van der Waals surface area contributed by atoms with E-state index in [-0.39, 0.29) is 4.90 Å². The predicted octanol–water partition coefficient (Wildman–Crippen LogP) is 1.16. The summed E-state index contributed by atoms with van der Waals surface area (Å²) >= 11 is 1.72. The fourth-order valence-electron chi connectivity index (χ4n) is 1.78. The molecule has 122 valence electrons. The second kappa shape index (κ2) is 9.45. The number of nitrogens with one attached hydrogen (secondary N) is 2. The monoisotopic (exact) mass is 334 g/mol. The standard InChI is InChI=1S/C13H26N4O2S2/c1-4-5-14-6-7-17-10-13(9-15-17)21(18,19)16-8-12(2)11-20-3/h9-10,12,14,16H,4-8,11H2,1-3H3. The van der Waals surface area contributed by atoms with E-state index in [0.29, 0.717) is 19.0 Å². The summed E-state index contributed by atoms with van der Waals surface area (Å²) in [4.78, 5) is 0.231. The van der Waals surface area contributed by atoms with Crippen LogP contribution in [0.2, 0.25) is 0 Å². The van der Waals surface area contributed by atoms with Crippen LogP contribution in [-0.2, 0) is 16.6 Å². The first kappa shape index (κ1) is 18.5. The van der Waals surface area contributed by atoms with Crippen molar-refractivity contribution in [2.75, 3.05) is 31.6 Å². The lowest BCUT2D eigenvalue weighted by Crippen LogP contribution is -2.29. The van der Waals surface area contributed by atoms with Crippen molar-refractivity contribution < 1.29 is 8.42 Å². The highest BCUT2D eigenvalue weighted by Gasteiger charge is 2.17. The Hall–Kier alpha value is -0.570. The van der Waals surface area contributed by atoms with Gasteiger partial charge in [-0.05, 0) is 30.9 Å². The summed E-state index contributed by atoms with van der Waals surface area (Å²) in [5.74, 6) is 1.24. The summed E-state index contributed by atoms with van der Waals surface area (Å²) in [6, 6.07) is 0. The van der Waals surface area contributed by atoms with Crippen molar-refractivity contribution in [1.29, 1.82) is 0 Å². The van der Waals surface area contributed by atoms with Crippen LogP contribution in [0.1, 0.15) is 20.3 Å². The van der Waals surface area contributed by atoms with Crippen molar-refractivity contribution in [1.82, 2.24) is 19.8 Å². The molecule has 0 radical (unpaired) electrons. The van der Waals surface area contributed by atoms with Crippen molar-refractivity contribution in [3.63, 3.8) is 0 Å². The van der Waals surface area contributed by atoms with Crippen molar-refractivity contribution in [3.05, 3.63) is 12.4 Å². The molecule has 0 aromatic carbocycles. The lowest BCUT2D eigenvalue weighted by molar-refractivity contribution is 0.550. The molecular weight excluding hydrogens is 308 g/mol. The van der Waals surface area contributed by atoms with Gasteiger partial charge in [0.2, 0.25) is 10.0 Å². The first-order valence-corrected chi connectivity index (χ1v) is 10.1. The van der Waals surface area contributed by atoms with Crippen LogP contribution in [0.4, 0.5) is 0 Å². The highest BCUT2D eigenvalue weighted by atomic mass is 32.2. The molecule has 0 spiro atoms. The molecule has 1 heterocycles. The Labute approximate surface area is 132 Å². The van der Waals surface area contributed by atoms with Crippen molar-refractivity contribution in [3.8, 4) is 0 Å². The lowest BCUT2D eigenvalue weighted by Gasteiger charge is -2.10. The minimum atomic E-state index is -3.45. The average Bonchev–Trinajstić information content (AvgIpc) is 2.92. The Kier molecular flexibility index (Phi) is 8.31.